The van der Waals surface area contributed by atoms with Gasteiger partial charge in [-0.25, -0.2) is 0 Å². The number of amides is 1. The van der Waals surface area contributed by atoms with Crippen molar-refractivity contribution < 1.29 is 11.0 Å². The standard InChI is InChI=1S/C22H27N3O2/c1-5-24(6-2)22(27)16-10-18-17-8-7-9-19-21(17)15(13-25(19)14(3)26)11-20(18)23(4)12-16/h7-10,13,16,20H,5-6,11-12H2,1-4H3/t16-,20-/m1/s1/i3D. The smallest absolute Gasteiger partial charge is 0.230 e. The van der Waals surface area contributed by atoms with Crippen LogP contribution in [0.5, 0.6) is 0 Å². The van der Waals surface area contributed by atoms with E-state index >= 15 is 0 Å². The highest BCUT2D eigenvalue weighted by molar-refractivity contribution is 6.03. The highest BCUT2D eigenvalue weighted by Crippen LogP contribution is 2.41. The van der Waals surface area contributed by atoms with Crippen molar-refractivity contribution in [1.29, 1.82) is 0 Å². The molecule has 5 nitrogen and oxygen atoms in total. The third kappa shape index (κ3) is 2.72. The summed E-state index contributed by atoms with van der Waals surface area (Å²) in [7, 11) is 2.08. The van der Waals surface area contributed by atoms with Crippen LogP contribution in [0.3, 0.4) is 0 Å². The van der Waals surface area contributed by atoms with Crippen LogP contribution in [0.2, 0.25) is 0 Å². The minimum Gasteiger partial charge on any atom is -0.343 e. The first kappa shape index (κ1) is 16.8. The Bertz CT molecular complexity index is 974. The lowest BCUT2D eigenvalue weighted by Crippen LogP contribution is -2.47. The Morgan fingerprint density at radius 1 is 1.30 bits per heavy atom. The SMILES string of the molecule is [2H]CC(=O)n1cc2c3c(cccc31)C1=C[C@@H](C(=O)N(CC)CC)CN(C)[C@@H]1C2. The molecule has 2 aliphatic rings. The first-order chi connectivity index (χ1) is 13.5. The quantitative estimate of drug-likeness (QED) is 0.839. The molecule has 0 spiro atoms. The number of fused-ring (bicyclic) bond motifs is 2. The minimum absolute atomic E-state index is 0.148. The van der Waals surface area contributed by atoms with E-state index in [0.717, 1.165) is 41.5 Å². The summed E-state index contributed by atoms with van der Waals surface area (Å²) >= 11 is 0. The van der Waals surface area contributed by atoms with E-state index in [2.05, 4.69) is 24.1 Å². The molecule has 1 amide bonds. The molecule has 1 aromatic heterocycles. The number of nitrogens with zero attached hydrogens (tertiary/aromatic N) is 3. The lowest BCUT2D eigenvalue weighted by molar-refractivity contribution is -0.134. The highest BCUT2D eigenvalue weighted by atomic mass is 16.2. The number of rotatable bonds is 3. The minimum atomic E-state index is -0.264. The number of carbonyl (C=O) groups excluding carboxylic acids is 2. The van der Waals surface area contributed by atoms with Gasteiger partial charge in [0.2, 0.25) is 11.8 Å². The van der Waals surface area contributed by atoms with Crippen LogP contribution in [-0.2, 0) is 11.2 Å². The number of hydrogen-bond acceptors (Lipinski definition) is 3. The summed E-state index contributed by atoms with van der Waals surface area (Å²) in [6.07, 6.45) is 4.88. The topological polar surface area (TPSA) is 45.6 Å². The molecule has 5 heteroatoms. The molecule has 1 aliphatic heterocycles. The largest absolute Gasteiger partial charge is 0.343 e. The Morgan fingerprint density at radius 3 is 2.78 bits per heavy atom. The predicted molar refractivity (Wildman–Crippen MR) is 108 cm³/mol. The Labute approximate surface area is 161 Å². The number of benzene rings is 1. The fourth-order valence-corrected chi connectivity index (χ4v) is 4.69. The van der Waals surface area contributed by atoms with Crippen molar-refractivity contribution in [3.8, 4) is 0 Å². The summed E-state index contributed by atoms with van der Waals surface area (Å²) in [5, 5.41) is 1.09. The monoisotopic (exact) mass is 366 g/mol. The molecule has 142 valence electrons. The van der Waals surface area contributed by atoms with Gasteiger partial charge in [0.15, 0.2) is 0 Å². The molecule has 2 aromatic rings. The van der Waals surface area contributed by atoms with Crippen LogP contribution in [0.4, 0.5) is 0 Å². The summed E-state index contributed by atoms with van der Waals surface area (Å²) in [6, 6.07) is 6.22. The van der Waals surface area contributed by atoms with Gasteiger partial charge in [-0.15, -0.1) is 0 Å². The molecule has 1 aliphatic carbocycles. The van der Waals surface area contributed by atoms with Crippen LogP contribution in [-0.4, -0.2) is 58.9 Å². The molecule has 2 atom stereocenters. The summed E-state index contributed by atoms with van der Waals surface area (Å²) in [5.74, 6) is -0.178. The third-order valence-corrected chi connectivity index (χ3v) is 6.05. The van der Waals surface area contributed by atoms with Gasteiger partial charge < -0.3 is 4.90 Å². The van der Waals surface area contributed by atoms with Gasteiger partial charge >= 0.3 is 0 Å². The van der Waals surface area contributed by atoms with Gasteiger partial charge in [0, 0.05) is 45.5 Å². The number of hydrogen-bond donors (Lipinski definition) is 0. The molecule has 2 heterocycles. The fourth-order valence-electron chi connectivity index (χ4n) is 4.69. The maximum atomic E-state index is 13.0. The highest BCUT2D eigenvalue weighted by Gasteiger charge is 2.37. The summed E-state index contributed by atoms with van der Waals surface area (Å²) in [4.78, 5) is 29.4. The first-order valence-electron chi connectivity index (χ1n) is 10.4. The van der Waals surface area contributed by atoms with E-state index in [4.69, 9.17) is 1.37 Å². The molecule has 1 aromatic carbocycles. The van der Waals surface area contributed by atoms with Crippen molar-refractivity contribution in [2.75, 3.05) is 26.7 Å². The van der Waals surface area contributed by atoms with Crippen molar-refractivity contribution >= 4 is 28.3 Å². The zero-order valence-electron chi connectivity index (χ0n) is 17.2. The average Bonchev–Trinajstić information content (AvgIpc) is 3.09. The van der Waals surface area contributed by atoms with Gasteiger partial charge in [0.05, 0.1) is 11.4 Å². The number of carbonyl (C=O) groups is 2. The lowest BCUT2D eigenvalue weighted by Gasteiger charge is -2.40. The predicted octanol–water partition coefficient (Wildman–Crippen LogP) is 3.04. The second-order valence-electron chi connectivity index (χ2n) is 7.52. The van der Waals surface area contributed by atoms with Crippen molar-refractivity contribution in [1.82, 2.24) is 14.4 Å². The zero-order valence-corrected chi connectivity index (χ0v) is 16.2. The Morgan fingerprint density at radius 2 is 2.07 bits per heavy atom. The fraction of sp³-hybridized carbons (Fsp3) is 0.455. The Hall–Kier alpha value is -2.40. The van der Waals surface area contributed by atoms with E-state index in [-0.39, 0.29) is 30.7 Å². The molecule has 0 bridgehead atoms. The lowest BCUT2D eigenvalue weighted by atomic mass is 9.79. The van der Waals surface area contributed by atoms with Gasteiger partial charge in [-0.05, 0) is 50.1 Å². The van der Waals surface area contributed by atoms with Crippen molar-refractivity contribution in [2.24, 2.45) is 5.92 Å². The number of aromatic nitrogens is 1. The molecule has 0 radical (unpaired) electrons. The van der Waals surface area contributed by atoms with Gasteiger partial charge in [-0.3, -0.25) is 19.1 Å². The zero-order chi connectivity index (χ0) is 20.0. The van der Waals surface area contributed by atoms with Gasteiger partial charge in [-0.2, -0.15) is 0 Å². The molecule has 0 saturated carbocycles. The van der Waals surface area contributed by atoms with Crippen molar-refractivity contribution in [3.05, 3.63) is 41.6 Å². The van der Waals surface area contributed by atoms with Crippen LogP contribution in [0.1, 0.15) is 38.0 Å². The molecule has 27 heavy (non-hydrogen) atoms. The summed E-state index contributed by atoms with van der Waals surface area (Å²) < 4.78 is 9.09. The van der Waals surface area contributed by atoms with Crippen molar-refractivity contribution in [3.63, 3.8) is 0 Å². The van der Waals surface area contributed by atoms with Crippen LogP contribution >= 0.6 is 0 Å². The van der Waals surface area contributed by atoms with E-state index in [9.17, 15) is 9.59 Å². The van der Waals surface area contributed by atoms with Gasteiger partial charge in [0.25, 0.3) is 0 Å². The van der Waals surface area contributed by atoms with E-state index in [1.165, 1.54) is 5.57 Å². The molecular formula is C22H27N3O2. The Balaban J connectivity index is 1.84. The maximum absolute atomic E-state index is 13.0. The molecule has 0 fully saturated rings. The molecule has 0 unspecified atom stereocenters. The Kier molecular flexibility index (Phi) is 4.12. The van der Waals surface area contributed by atoms with Crippen LogP contribution in [0, 0.1) is 5.92 Å². The summed E-state index contributed by atoms with van der Waals surface area (Å²) in [5.41, 5.74) is 4.32. The van der Waals surface area contributed by atoms with Crippen molar-refractivity contribution in [2.45, 2.75) is 33.2 Å². The maximum Gasteiger partial charge on any atom is 0.230 e. The summed E-state index contributed by atoms with van der Waals surface area (Å²) in [6.45, 7) is 5.92. The first-order valence-corrected chi connectivity index (χ1v) is 9.66. The normalized spacial score (nSPS) is 22.2. The van der Waals surface area contributed by atoms with E-state index in [1.807, 2.05) is 37.1 Å². The molecule has 0 N–H and O–H groups in total. The van der Waals surface area contributed by atoms with Gasteiger partial charge in [0.1, 0.15) is 0 Å². The molecule has 4 rings (SSSR count). The second-order valence-corrected chi connectivity index (χ2v) is 7.52. The second kappa shape index (κ2) is 6.64. The van der Waals surface area contributed by atoms with E-state index in [0.29, 0.717) is 6.54 Å². The van der Waals surface area contributed by atoms with Crippen LogP contribution < -0.4 is 0 Å². The van der Waals surface area contributed by atoms with E-state index in [1.54, 1.807) is 4.57 Å². The molecular weight excluding hydrogens is 338 g/mol. The van der Waals surface area contributed by atoms with E-state index < -0.39 is 0 Å². The van der Waals surface area contributed by atoms with Crippen LogP contribution in [0.25, 0.3) is 16.5 Å². The third-order valence-electron chi connectivity index (χ3n) is 6.05. The number of likely N-dealkylation sites (N-methyl/N-ethyl adjacent to an activating group) is 1. The van der Waals surface area contributed by atoms with Gasteiger partial charge in [-0.1, -0.05) is 18.2 Å². The molecule has 0 saturated heterocycles. The average molecular weight is 366 g/mol. The van der Waals surface area contributed by atoms with Crippen LogP contribution in [0.15, 0.2) is 30.5 Å².